The molecular weight excluding hydrogens is 358 g/mol. The van der Waals surface area contributed by atoms with Crippen LogP contribution in [0.3, 0.4) is 0 Å². The fourth-order valence-corrected chi connectivity index (χ4v) is 3.85. The lowest BCUT2D eigenvalue weighted by Gasteiger charge is -2.10. The van der Waals surface area contributed by atoms with Crippen molar-refractivity contribution in [2.75, 3.05) is 0 Å². The first-order valence-electron chi connectivity index (χ1n) is 8.92. The van der Waals surface area contributed by atoms with Crippen LogP contribution in [0.4, 0.5) is 0 Å². The van der Waals surface area contributed by atoms with Crippen molar-refractivity contribution in [1.82, 2.24) is 15.4 Å². The van der Waals surface area contributed by atoms with Crippen LogP contribution < -0.4 is 10.9 Å². The van der Waals surface area contributed by atoms with Crippen LogP contribution in [0.1, 0.15) is 39.5 Å². The molecule has 2 aromatic heterocycles. The summed E-state index contributed by atoms with van der Waals surface area (Å²) in [6.45, 7) is 3.86. The lowest BCUT2D eigenvalue weighted by Crippen LogP contribution is -2.41. The second-order valence-electron chi connectivity index (χ2n) is 6.39. The number of benzene rings is 1. The second-order valence-corrected chi connectivity index (χ2v) is 7.42. The predicted molar refractivity (Wildman–Crippen MR) is 108 cm³/mol. The molecule has 0 aliphatic carbocycles. The highest BCUT2D eigenvalue weighted by Gasteiger charge is 2.17. The number of amides is 2. The highest BCUT2D eigenvalue weighted by atomic mass is 32.1. The molecule has 0 fully saturated rings. The lowest BCUT2D eigenvalue weighted by molar-refractivity contribution is -0.121. The third-order valence-electron chi connectivity index (χ3n) is 4.41. The maximum absolute atomic E-state index is 12.5. The molecule has 1 aromatic carbocycles. The molecule has 0 aliphatic rings. The Balaban J connectivity index is 1.56. The van der Waals surface area contributed by atoms with E-state index in [0.29, 0.717) is 12.0 Å². The van der Waals surface area contributed by atoms with Gasteiger partial charge in [-0.05, 0) is 56.3 Å². The van der Waals surface area contributed by atoms with Gasteiger partial charge in [0.1, 0.15) is 0 Å². The van der Waals surface area contributed by atoms with Gasteiger partial charge in [-0.3, -0.25) is 20.4 Å². The fourth-order valence-electron chi connectivity index (χ4n) is 3.10. The highest BCUT2D eigenvalue weighted by Crippen LogP contribution is 2.20. The smallest absolute Gasteiger partial charge is 0.271 e. The van der Waals surface area contributed by atoms with E-state index in [1.807, 2.05) is 66.3 Å². The van der Waals surface area contributed by atoms with Crippen molar-refractivity contribution in [3.63, 3.8) is 0 Å². The number of carbonyl (C=O) groups is 2. The van der Waals surface area contributed by atoms with Crippen molar-refractivity contribution in [2.45, 2.75) is 33.1 Å². The summed E-state index contributed by atoms with van der Waals surface area (Å²) in [4.78, 5) is 25.7. The van der Waals surface area contributed by atoms with Gasteiger partial charge in [-0.1, -0.05) is 24.3 Å². The van der Waals surface area contributed by atoms with Crippen LogP contribution in [0.2, 0.25) is 0 Å². The number of hydrogen-bond donors (Lipinski definition) is 2. The Morgan fingerprint density at radius 1 is 1.04 bits per heavy atom. The monoisotopic (exact) mass is 381 g/mol. The number of para-hydroxylation sites is 1. The number of nitrogens with one attached hydrogen (secondary N) is 2. The largest absolute Gasteiger partial charge is 0.318 e. The molecule has 0 unspecified atom stereocenters. The molecule has 27 heavy (non-hydrogen) atoms. The molecule has 140 valence electrons. The Kier molecular flexibility index (Phi) is 6.08. The molecular formula is C21H23N3O2S. The summed E-state index contributed by atoms with van der Waals surface area (Å²) in [5, 5.41) is 2.03. The van der Waals surface area contributed by atoms with Crippen molar-refractivity contribution in [1.29, 1.82) is 0 Å². The van der Waals surface area contributed by atoms with E-state index in [-0.39, 0.29) is 11.8 Å². The number of carbonyl (C=O) groups excluding carboxylic acids is 2. The average molecular weight is 382 g/mol. The number of thiophene rings is 1. The lowest BCUT2D eigenvalue weighted by atomic mass is 10.2. The number of aromatic nitrogens is 1. The van der Waals surface area contributed by atoms with Crippen molar-refractivity contribution in [3.8, 4) is 5.69 Å². The maximum atomic E-state index is 12.5. The zero-order valence-electron chi connectivity index (χ0n) is 15.5. The van der Waals surface area contributed by atoms with E-state index in [4.69, 9.17) is 0 Å². The van der Waals surface area contributed by atoms with Gasteiger partial charge in [-0.15, -0.1) is 11.3 Å². The number of nitrogens with zero attached hydrogens (tertiary/aromatic N) is 1. The molecule has 3 aromatic rings. The maximum Gasteiger partial charge on any atom is 0.271 e. The normalized spacial score (nSPS) is 10.6. The molecule has 0 radical (unpaired) electrons. The Morgan fingerprint density at radius 3 is 2.52 bits per heavy atom. The van der Waals surface area contributed by atoms with Gasteiger partial charge in [-0.25, -0.2) is 0 Å². The summed E-state index contributed by atoms with van der Waals surface area (Å²) >= 11 is 1.69. The predicted octanol–water partition coefficient (Wildman–Crippen LogP) is 3.94. The minimum atomic E-state index is -0.308. The van der Waals surface area contributed by atoms with Crippen molar-refractivity contribution < 1.29 is 9.59 Å². The Morgan fingerprint density at radius 2 is 1.81 bits per heavy atom. The first-order valence-corrected chi connectivity index (χ1v) is 9.80. The van der Waals surface area contributed by atoms with E-state index in [0.717, 1.165) is 29.9 Å². The summed E-state index contributed by atoms with van der Waals surface area (Å²) in [5.74, 6) is -0.492. The zero-order chi connectivity index (χ0) is 19.2. The molecule has 3 rings (SSSR count). The van der Waals surface area contributed by atoms with Gasteiger partial charge in [0.25, 0.3) is 5.91 Å². The first kappa shape index (κ1) is 18.9. The molecule has 0 atom stereocenters. The van der Waals surface area contributed by atoms with Gasteiger partial charge in [0.15, 0.2) is 0 Å². The van der Waals surface area contributed by atoms with E-state index in [9.17, 15) is 9.59 Å². The number of aryl methyl sites for hydroxylation is 2. The average Bonchev–Trinajstić information content (AvgIpc) is 3.28. The quantitative estimate of drug-likeness (QED) is 0.635. The third-order valence-corrected chi connectivity index (χ3v) is 5.35. The first-order chi connectivity index (χ1) is 13.1. The van der Waals surface area contributed by atoms with Crippen molar-refractivity contribution >= 4 is 23.2 Å². The molecule has 6 heteroatoms. The number of rotatable bonds is 6. The summed E-state index contributed by atoms with van der Waals surface area (Å²) in [5.41, 5.74) is 8.39. The minimum absolute atomic E-state index is 0.184. The van der Waals surface area contributed by atoms with Gasteiger partial charge < -0.3 is 4.57 Å². The van der Waals surface area contributed by atoms with Crippen molar-refractivity contribution in [2.24, 2.45) is 0 Å². The SMILES string of the molecule is Cc1cc(C(=O)NNC(=O)CCCc2cccs2)c(C)n1-c1ccccc1. The molecule has 2 heterocycles. The Bertz CT molecular complexity index is 915. The van der Waals surface area contributed by atoms with E-state index < -0.39 is 0 Å². The zero-order valence-corrected chi connectivity index (χ0v) is 16.3. The second kappa shape index (κ2) is 8.68. The van der Waals surface area contributed by atoms with Gasteiger partial charge in [0, 0.05) is 28.4 Å². The molecule has 0 bridgehead atoms. The van der Waals surface area contributed by atoms with Crippen LogP contribution in [-0.2, 0) is 11.2 Å². The number of hydrazine groups is 1. The van der Waals surface area contributed by atoms with Crippen LogP contribution in [0, 0.1) is 13.8 Å². The van der Waals surface area contributed by atoms with Crippen LogP contribution in [0.25, 0.3) is 5.69 Å². The highest BCUT2D eigenvalue weighted by molar-refractivity contribution is 7.09. The summed E-state index contributed by atoms with van der Waals surface area (Å²) in [6.07, 6.45) is 2.00. The van der Waals surface area contributed by atoms with Gasteiger partial charge in [0.05, 0.1) is 5.56 Å². The van der Waals surface area contributed by atoms with E-state index in [2.05, 4.69) is 16.9 Å². The molecule has 2 amide bonds. The topological polar surface area (TPSA) is 63.1 Å². The van der Waals surface area contributed by atoms with E-state index in [1.54, 1.807) is 11.3 Å². The Hall–Kier alpha value is -2.86. The molecule has 0 saturated carbocycles. The van der Waals surface area contributed by atoms with Crippen LogP contribution >= 0.6 is 11.3 Å². The molecule has 0 saturated heterocycles. The Labute approximate surface area is 163 Å². The molecule has 0 aliphatic heterocycles. The third kappa shape index (κ3) is 4.65. The summed E-state index contributed by atoms with van der Waals surface area (Å²) < 4.78 is 2.03. The van der Waals surface area contributed by atoms with Gasteiger partial charge in [0.2, 0.25) is 5.91 Å². The molecule has 2 N–H and O–H groups in total. The standard InChI is InChI=1S/C21H23N3O2S/c1-15-14-19(16(2)24(15)17-8-4-3-5-9-17)21(26)23-22-20(25)12-6-10-18-11-7-13-27-18/h3-5,7-9,11,13-14H,6,10,12H2,1-2H3,(H,22,25)(H,23,26). The van der Waals surface area contributed by atoms with Crippen LogP contribution in [0.15, 0.2) is 53.9 Å². The van der Waals surface area contributed by atoms with Gasteiger partial charge in [-0.2, -0.15) is 0 Å². The summed E-state index contributed by atoms with van der Waals surface area (Å²) in [7, 11) is 0. The van der Waals surface area contributed by atoms with Crippen molar-refractivity contribution in [3.05, 3.63) is 75.7 Å². The summed E-state index contributed by atoms with van der Waals surface area (Å²) in [6, 6.07) is 15.8. The van der Waals surface area contributed by atoms with E-state index >= 15 is 0 Å². The molecule has 0 spiro atoms. The minimum Gasteiger partial charge on any atom is -0.318 e. The van der Waals surface area contributed by atoms with Crippen LogP contribution in [0.5, 0.6) is 0 Å². The fraction of sp³-hybridized carbons (Fsp3) is 0.238. The molecule has 5 nitrogen and oxygen atoms in total. The van der Waals surface area contributed by atoms with E-state index in [1.165, 1.54) is 4.88 Å². The van der Waals surface area contributed by atoms with Crippen LogP contribution in [-0.4, -0.2) is 16.4 Å². The van der Waals surface area contributed by atoms with Gasteiger partial charge >= 0.3 is 0 Å². The number of hydrogen-bond acceptors (Lipinski definition) is 3.